The van der Waals surface area contributed by atoms with E-state index in [1.807, 2.05) is 0 Å². The second-order valence-corrected chi connectivity index (χ2v) is 5.87. The molecule has 0 spiro atoms. The van der Waals surface area contributed by atoms with Crippen LogP contribution in [-0.2, 0) is 19.5 Å². The van der Waals surface area contributed by atoms with Gasteiger partial charge in [0.15, 0.2) is 0 Å². The van der Waals surface area contributed by atoms with Crippen LogP contribution >= 0.6 is 0 Å². The van der Waals surface area contributed by atoms with E-state index in [-0.39, 0.29) is 0 Å². The topological polar surface area (TPSA) is 17.0 Å². The Kier molecular flexibility index (Phi) is 5.87. The van der Waals surface area contributed by atoms with Crippen molar-refractivity contribution >= 4 is 0 Å². The zero-order valence-corrected chi connectivity index (χ0v) is 12.7. The van der Waals surface area contributed by atoms with Crippen LogP contribution in [0.3, 0.4) is 0 Å². The molecule has 0 atom stereocenters. The van der Waals surface area contributed by atoms with Gasteiger partial charge < -0.3 is 9.88 Å². The Labute approximate surface area is 122 Å². The average molecular weight is 270 g/mol. The molecule has 0 aliphatic carbocycles. The van der Waals surface area contributed by atoms with E-state index < -0.39 is 0 Å². The van der Waals surface area contributed by atoms with Gasteiger partial charge >= 0.3 is 0 Å². The van der Waals surface area contributed by atoms with E-state index in [1.165, 1.54) is 17.5 Å². The first-order valence-corrected chi connectivity index (χ1v) is 7.63. The van der Waals surface area contributed by atoms with Crippen LogP contribution in [-0.4, -0.2) is 11.1 Å². The molecular formula is C18H26N2. The van der Waals surface area contributed by atoms with Crippen molar-refractivity contribution in [2.75, 3.05) is 6.54 Å². The lowest BCUT2D eigenvalue weighted by atomic mass is 10.1. The molecule has 1 heterocycles. The molecule has 20 heavy (non-hydrogen) atoms. The molecule has 0 aliphatic rings. The van der Waals surface area contributed by atoms with Gasteiger partial charge in [0.25, 0.3) is 0 Å². The molecule has 2 rings (SSSR count). The number of rotatable bonds is 8. The average Bonchev–Trinajstić information content (AvgIpc) is 2.87. The largest absolute Gasteiger partial charge is 0.354 e. The summed E-state index contributed by atoms with van der Waals surface area (Å²) in [6.07, 6.45) is 6.80. The number of benzene rings is 1. The third-order valence-corrected chi connectivity index (χ3v) is 3.42. The molecule has 2 aromatic rings. The van der Waals surface area contributed by atoms with Crippen molar-refractivity contribution < 1.29 is 0 Å². The van der Waals surface area contributed by atoms with Gasteiger partial charge in [-0.2, -0.15) is 0 Å². The first kappa shape index (κ1) is 14.9. The van der Waals surface area contributed by atoms with Crippen LogP contribution in [0, 0.1) is 5.92 Å². The highest BCUT2D eigenvalue weighted by Gasteiger charge is 1.99. The van der Waals surface area contributed by atoms with Gasteiger partial charge in [-0.25, -0.2) is 0 Å². The summed E-state index contributed by atoms with van der Waals surface area (Å²) in [7, 11) is 0. The molecule has 1 aromatic heterocycles. The van der Waals surface area contributed by atoms with E-state index in [4.69, 9.17) is 0 Å². The van der Waals surface area contributed by atoms with Crippen LogP contribution in [0.5, 0.6) is 0 Å². The maximum atomic E-state index is 3.48. The highest BCUT2D eigenvalue weighted by molar-refractivity contribution is 5.14. The lowest BCUT2D eigenvalue weighted by Crippen LogP contribution is -2.18. The maximum absolute atomic E-state index is 3.48. The van der Waals surface area contributed by atoms with Gasteiger partial charge in [0.05, 0.1) is 0 Å². The Morgan fingerprint density at radius 1 is 1.05 bits per heavy atom. The minimum Gasteiger partial charge on any atom is -0.354 e. The summed E-state index contributed by atoms with van der Waals surface area (Å²) < 4.78 is 2.30. The monoisotopic (exact) mass is 270 g/mol. The number of nitrogens with one attached hydrogen (secondary N) is 1. The third kappa shape index (κ3) is 5.22. The van der Waals surface area contributed by atoms with E-state index in [9.17, 15) is 0 Å². The van der Waals surface area contributed by atoms with Crippen molar-refractivity contribution in [2.45, 2.75) is 39.8 Å². The van der Waals surface area contributed by atoms with Crippen LogP contribution in [0.4, 0.5) is 0 Å². The van der Waals surface area contributed by atoms with Crippen molar-refractivity contribution in [3.63, 3.8) is 0 Å². The van der Waals surface area contributed by atoms with E-state index >= 15 is 0 Å². The molecule has 2 nitrogen and oxygen atoms in total. The minimum atomic E-state index is 0.711. The smallest absolute Gasteiger partial charge is 0.0222 e. The third-order valence-electron chi connectivity index (χ3n) is 3.42. The lowest BCUT2D eigenvalue weighted by molar-refractivity contribution is 0.551. The standard InChI is InChI=1S/C18H26N2/c1-16(2)13-19-14-18-10-12-20(15-18)11-6-9-17-7-4-3-5-8-17/h3-5,7-8,10,12,15-16,19H,6,9,11,13-14H2,1-2H3. The van der Waals surface area contributed by atoms with Crippen molar-refractivity contribution in [1.29, 1.82) is 0 Å². The van der Waals surface area contributed by atoms with Gasteiger partial charge in [-0.05, 0) is 42.5 Å². The summed E-state index contributed by atoms with van der Waals surface area (Å²) in [6, 6.07) is 12.9. The summed E-state index contributed by atoms with van der Waals surface area (Å²) in [5.74, 6) is 0.711. The van der Waals surface area contributed by atoms with Gasteiger partial charge in [0, 0.05) is 25.5 Å². The molecule has 1 N–H and O–H groups in total. The fourth-order valence-electron chi connectivity index (χ4n) is 2.35. The molecule has 2 heteroatoms. The molecule has 0 bridgehead atoms. The number of hydrogen-bond donors (Lipinski definition) is 1. The molecule has 0 amide bonds. The molecule has 0 aliphatic heterocycles. The Morgan fingerprint density at radius 3 is 2.60 bits per heavy atom. The summed E-state index contributed by atoms with van der Waals surface area (Å²) in [4.78, 5) is 0. The lowest BCUT2D eigenvalue weighted by Gasteiger charge is -2.06. The van der Waals surface area contributed by atoms with Gasteiger partial charge in [-0.3, -0.25) is 0 Å². The molecule has 108 valence electrons. The fraction of sp³-hybridized carbons (Fsp3) is 0.444. The summed E-state index contributed by atoms with van der Waals surface area (Å²) in [5.41, 5.74) is 2.81. The van der Waals surface area contributed by atoms with Crippen LogP contribution in [0.15, 0.2) is 48.8 Å². The predicted molar refractivity (Wildman–Crippen MR) is 85.7 cm³/mol. The van der Waals surface area contributed by atoms with Crippen molar-refractivity contribution in [3.8, 4) is 0 Å². The zero-order valence-electron chi connectivity index (χ0n) is 12.7. The second kappa shape index (κ2) is 7.91. The number of aryl methyl sites for hydroxylation is 2. The van der Waals surface area contributed by atoms with E-state index in [2.05, 4.69) is 72.5 Å². The second-order valence-electron chi connectivity index (χ2n) is 5.87. The molecule has 0 unspecified atom stereocenters. The van der Waals surface area contributed by atoms with Gasteiger partial charge in [-0.15, -0.1) is 0 Å². The molecular weight excluding hydrogens is 244 g/mol. The fourth-order valence-corrected chi connectivity index (χ4v) is 2.35. The molecule has 0 fully saturated rings. The van der Waals surface area contributed by atoms with E-state index in [1.54, 1.807) is 0 Å². The van der Waals surface area contributed by atoms with Gasteiger partial charge in [-0.1, -0.05) is 44.2 Å². The molecule has 0 saturated carbocycles. The predicted octanol–water partition coefficient (Wildman–Crippen LogP) is 3.87. The first-order valence-electron chi connectivity index (χ1n) is 7.63. The summed E-state index contributed by atoms with van der Waals surface area (Å²) >= 11 is 0. The number of hydrogen-bond acceptors (Lipinski definition) is 1. The van der Waals surface area contributed by atoms with Gasteiger partial charge in [0.2, 0.25) is 0 Å². The number of aromatic nitrogens is 1. The highest BCUT2D eigenvalue weighted by atomic mass is 14.9. The van der Waals surface area contributed by atoms with Crippen LogP contribution in [0.1, 0.15) is 31.4 Å². The maximum Gasteiger partial charge on any atom is 0.0222 e. The van der Waals surface area contributed by atoms with E-state index in [0.29, 0.717) is 5.92 Å². The Hall–Kier alpha value is -1.54. The quantitative estimate of drug-likeness (QED) is 0.770. The first-order chi connectivity index (χ1) is 9.74. The number of nitrogens with zero attached hydrogens (tertiary/aromatic N) is 1. The zero-order chi connectivity index (χ0) is 14.2. The summed E-state index contributed by atoms with van der Waals surface area (Å²) in [5, 5.41) is 3.48. The Morgan fingerprint density at radius 2 is 1.85 bits per heavy atom. The minimum absolute atomic E-state index is 0.711. The normalized spacial score (nSPS) is 11.2. The van der Waals surface area contributed by atoms with Crippen LogP contribution in [0.25, 0.3) is 0 Å². The SMILES string of the molecule is CC(C)CNCc1ccn(CCCc2ccccc2)c1. The summed E-state index contributed by atoms with van der Waals surface area (Å²) in [6.45, 7) is 7.63. The van der Waals surface area contributed by atoms with Crippen LogP contribution < -0.4 is 5.32 Å². The van der Waals surface area contributed by atoms with Gasteiger partial charge in [0.1, 0.15) is 0 Å². The van der Waals surface area contributed by atoms with Crippen molar-refractivity contribution in [3.05, 3.63) is 59.9 Å². The molecule has 0 radical (unpaired) electrons. The molecule has 0 saturated heterocycles. The highest BCUT2D eigenvalue weighted by Crippen LogP contribution is 2.06. The van der Waals surface area contributed by atoms with Crippen molar-refractivity contribution in [1.82, 2.24) is 9.88 Å². The van der Waals surface area contributed by atoms with Crippen LogP contribution in [0.2, 0.25) is 0 Å². The molecule has 1 aromatic carbocycles. The Balaban J connectivity index is 1.70. The van der Waals surface area contributed by atoms with E-state index in [0.717, 1.165) is 26.1 Å². The Bertz CT molecular complexity index is 485. The van der Waals surface area contributed by atoms with Crippen molar-refractivity contribution in [2.24, 2.45) is 5.92 Å².